The lowest BCUT2D eigenvalue weighted by Gasteiger charge is -2.24. The Morgan fingerprint density at radius 2 is 1.90 bits per heavy atom. The number of amides is 1. The average molecular weight is 454 g/mol. The molecule has 2 unspecified atom stereocenters. The van der Waals surface area contributed by atoms with E-state index >= 15 is 0 Å². The zero-order valence-corrected chi connectivity index (χ0v) is 18.4. The number of nitrogens with zero attached hydrogens (tertiary/aromatic N) is 1. The van der Waals surface area contributed by atoms with Crippen molar-refractivity contribution in [3.63, 3.8) is 0 Å². The Labute approximate surface area is 178 Å². The van der Waals surface area contributed by atoms with Crippen LogP contribution in [0.3, 0.4) is 0 Å². The summed E-state index contributed by atoms with van der Waals surface area (Å²) in [6, 6.07) is 11.0. The number of hydrogen-bond donors (Lipinski definition) is 2. The van der Waals surface area contributed by atoms with Gasteiger partial charge >= 0.3 is 7.60 Å². The summed E-state index contributed by atoms with van der Waals surface area (Å²) in [6.07, 6.45) is 0. The lowest BCUT2D eigenvalue weighted by Crippen LogP contribution is -2.09. The van der Waals surface area contributed by atoms with Gasteiger partial charge in [0.15, 0.2) is 5.85 Å². The Bertz CT molecular complexity index is 952. The minimum atomic E-state index is -4.25. The SMILES string of the molecule is CCOC(c1cc([N+](=O)[O-])ccc1Sc1ccc(NC(C)=O)cc1)P(=O)(O)OCC. The van der Waals surface area contributed by atoms with E-state index in [2.05, 4.69) is 5.32 Å². The third-order valence-electron chi connectivity index (χ3n) is 3.81. The third-order valence-corrected chi connectivity index (χ3v) is 6.56. The molecule has 0 aliphatic carbocycles. The zero-order valence-electron chi connectivity index (χ0n) is 16.7. The van der Waals surface area contributed by atoms with Crippen molar-refractivity contribution in [1.29, 1.82) is 0 Å². The molecule has 0 aliphatic heterocycles. The van der Waals surface area contributed by atoms with Crippen molar-refractivity contribution in [2.45, 2.75) is 36.4 Å². The molecule has 2 atom stereocenters. The van der Waals surface area contributed by atoms with E-state index in [1.54, 1.807) is 38.1 Å². The van der Waals surface area contributed by atoms with Crippen LogP contribution < -0.4 is 5.32 Å². The molecule has 0 aliphatic rings. The number of anilines is 1. The summed E-state index contributed by atoms with van der Waals surface area (Å²) in [5.74, 6) is -1.56. The Kier molecular flexibility index (Phi) is 8.57. The van der Waals surface area contributed by atoms with Crippen molar-refractivity contribution in [2.75, 3.05) is 18.5 Å². The number of rotatable bonds is 10. The van der Waals surface area contributed by atoms with Crippen LogP contribution in [-0.4, -0.2) is 28.9 Å². The maximum atomic E-state index is 12.7. The fourth-order valence-electron chi connectivity index (χ4n) is 2.64. The highest BCUT2D eigenvalue weighted by Gasteiger charge is 2.37. The molecular formula is C19H23N2O7PS. The predicted molar refractivity (Wildman–Crippen MR) is 114 cm³/mol. The molecule has 2 aromatic carbocycles. The highest BCUT2D eigenvalue weighted by Crippen LogP contribution is 2.59. The first-order chi connectivity index (χ1) is 14.2. The van der Waals surface area contributed by atoms with Crippen LogP contribution in [0.1, 0.15) is 32.2 Å². The van der Waals surface area contributed by atoms with Gasteiger partial charge in [0.25, 0.3) is 5.69 Å². The molecule has 30 heavy (non-hydrogen) atoms. The molecule has 2 rings (SSSR count). The van der Waals surface area contributed by atoms with Crippen LogP contribution in [0.25, 0.3) is 0 Å². The van der Waals surface area contributed by atoms with Crippen LogP contribution in [0.2, 0.25) is 0 Å². The highest BCUT2D eigenvalue weighted by atomic mass is 32.2. The molecule has 1 amide bonds. The van der Waals surface area contributed by atoms with E-state index in [1.807, 2.05) is 0 Å². The molecule has 162 valence electrons. The van der Waals surface area contributed by atoms with Crippen molar-refractivity contribution in [2.24, 2.45) is 0 Å². The maximum absolute atomic E-state index is 12.7. The van der Waals surface area contributed by atoms with Crippen LogP contribution in [0.5, 0.6) is 0 Å². The molecule has 0 saturated carbocycles. The molecule has 2 N–H and O–H groups in total. The van der Waals surface area contributed by atoms with Crippen LogP contribution in [0, 0.1) is 10.1 Å². The molecule has 9 nitrogen and oxygen atoms in total. The quantitative estimate of drug-likeness (QED) is 0.293. The molecule has 0 bridgehead atoms. The summed E-state index contributed by atoms with van der Waals surface area (Å²) < 4.78 is 23.2. The molecule has 0 heterocycles. The number of ether oxygens (including phenoxy) is 1. The van der Waals surface area contributed by atoms with E-state index in [0.29, 0.717) is 10.6 Å². The molecule has 0 spiro atoms. The first-order valence-electron chi connectivity index (χ1n) is 9.10. The number of nitro benzene ring substituents is 1. The maximum Gasteiger partial charge on any atom is 0.361 e. The predicted octanol–water partition coefficient (Wildman–Crippen LogP) is 4.96. The van der Waals surface area contributed by atoms with Crippen molar-refractivity contribution >= 4 is 36.6 Å². The molecule has 0 saturated heterocycles. The Morgan fingerprint density at radius 3 is 2.43 bits per heavy atom. The topological polar surface area (TPSA) is 128 Å². The summed E-state index contributed by atoms with van der Waals surface area (Å²) in [5.41, 5.74) is 0.594. The second kappa shape index (κ2) is 10.7. The molecule has 0 aromatic heterocycles. The number of benzene rings is 2. The highest BCUT2D eigenvalue weighted by molar-refractivity contribution is 7.99. The molecule has 11 heteroatoms. The van der Waals surface area contributed by atoms with Gasteiger partial charge in [-0.2, -0.15) is 0 Å². The Hall–Kier alpha value is -2.23. The van der Waals surface area contributed by atoms with Crippen LogP contribution in [-0.2, 0) is 18.6 Å². The first kappa shape index (κ1) is 24.0. The Balaban J connectivity index is 2.47. The summed E-state index contributed by atoms with van der Waals surface area (Å²) in [7, 11) is -4.25. The monoisotopic (exact) mass is 454 g/mol. The van der Waals surface area contributed by atoms with Gasteiger partial charge in [0, 0.05) is 46.7 Å². The number of carbonyl (C=O) groups is 1. The van der Waals surface area contributed by atoms with E-state index in [4.69, 9.17) is 9.26 Å². The number of hydrogen-bond acceptors (Lipinski definition) is 7. The lowest BCUT2D eigenvalue weighted by molar-refractivity contribution is -0.385. The van der Waals surface area contributed by atoms with Gasteiger partial charge < -0.3 is 19.5 Å². The zero-order chi connectivity index (χ0) is 22.3. The van der Waals surface area contributed by atoms with E-state index in [0.717, 1.165) is 4.90 Å². The smallest absolute Gasteiger partial charge is 0.361 e. The van der Waals surface area contributed by atoms with Gasteiger partial charge in [-0.1, -0.05) is 11.8 Å². The summed E-state index contributed by atoms with van der Waals surface area (Å²) in [5, 5.41) is 13.9. The van der Waals surface area contributed by atoms with E-state index in [-0.39, 0.29) is 30.4 Å². The van der Waals surface area contributed by atoms with Crippen molar-refractivity contribution in [1.82, 2.24) is 0 Å². The van der Waals surface area contributed by atoms with Crippen molar-refractivity contribution in [3.05, 3.63) is 58.1 Å². The Morgan fingerprint density at radius 1 is 1.23 bits per heavy atom. The number of carbonyl (C=O) groups excluding carboxylic acids is 1. The average Bonchev–Trinajstić information content (AvgIpc) is 2.67. The van der Waals surface area contributed by atoms with Crippen LogP contribution in [0.15, 0.2) is 52.3 Å². The standard InChI is InChI=1S/C19H23N2O7PS/c1-4-27-19(29(25,26)28-5-2)17-12-15(21(23)24)8-11-18(17)30-16-9-6-14(7-10-16)20-13(3)22/h6-12,19H,4-5H2,1-3H3,(H,20,22)(H,25,26). The third kappa shape index (κ3) is 6.38. The van der Waals surface area contributed by atoms with Gasteiger partial charge in [0.1, 0.15) is 0 Å². The van der Waals surface area contributed by atoms with Gasteiger partial charge in [-0.15, -0.1) is 0 Å². The van der Waals surface area contributed by atoms with Gasteiger partial charge in [0.05, 0.1) is 11.5 Å². The molecule has 0 fully saturated rings. The molecule has 0 radical (unpaired) electrons. The van der Waals surface area contributed by atoms with Crippen molar-refractivity contribution < 1.29 is 28.4 Å². The van der Waals surface area contributed by atoms with E-state index in [9.17, 15) is 24.4 Å². The minimum absolute atomic E-state index is 0.0145. The van der Waals surface area contributed by atoms with E-state index in [1.165, 1.54) is 36.9 Å². The first-order valence-corrected chi connectivity index (χ1v) is 11.6. The van der Waals surface area contributed by atoms with Crippen molar-refractivity contribution in [3.8, 4) is 0 Å². The van der Waals surface area contributed by atoms with Gasteiger partial charge in [-0.3, -0.25) is 19.5 Å². The largest absolute Gasteiger partial charge is 0.361 e. The molecular weight excluding hydrogens is 431 g/mol. The fourth-order valence-corrected chi connectivity index (χ4v) is 5.08. The van der Waals surface area contributed by atoms with Gasteiger partial charge in [-0.25, -0.2) is 0 Å². The lowest BCUT2D eigenvalue weighted by atomic mass is 10.2. The second-order valence-corrected chi connectivity index (χ2v) is 9.05. The number of nitro groups is 1. The minimum Gasteiger partial charge on any atom is -0.361 e. The fraction of sp³-hybridized carbons (Fsp3) is 0.316. The number of non-ortho nitro benzene ring substituents is 1. The van der Waals surface area contributed by atoms with Gasteiger partial charge in [0.2, 0.25) is 5.91 Å². The van der Waals surface area contributed by atoms with Crippen LogP contribution in [0.4, 0.5) is 11.4 Å². The number of nitrogens with one attached hydrogen (secondary N) is 1. The van der Waals surface area contributed by atoms with E-state index < -0.39 is 18.4 Å². The summed E-state index contributed by atoms with van der Waals surface area (Å²) in [4.78, 5) is 33.5. The van der Waals surface area contributed by atoms with Crippen LogP contribution >= 0.6 is 19.4 Å². The molecule has 2 aromatic rings. The van der Waals surface area contributed by atoms with Gasteiger partial charge in [-0.05, 0) is 44.2 Å². The second-order valence-electron chi connectivity index (χ2n) is 6.08. The summed E-state index contributed by atoms with van der Waals surface area (Å²) >= 11 is 1.25. The summed E-state index contributed by atoms with van der Waals surface area (Å²) in [6.45, 7) is 4.74. The normalized spacial score (nSPS) is 14.0.